The van der Waals surface area contributed by atoms with Crippen molar-refractivity contribution in [3.63, 3.8) is 0 Å². The smallest absolute Gasteiger partial charge is 0.306 e. The number of carboxylic acids is 1. The zero-order valence-electron chi connectivity index (χ0n) is 23.5. The number of carbonyl (C=O) groups excluding carboxylic acids is 1. The lowest BCUT2D eigenvalue weighted by Crippen LogP contribution is -2.37. The molecule has 38 heavy (non-hydrogen) atoms. The number of anilines is 1. The van der Waals surface area contributed by atoms with Crippen LogP contribution in [0.5, 0.6) is 0 Å². The number of rotatable bonds is 3. The van der Waals surface area contributed by atoms with Crippen molar-refractivity contribution in [3.8, 4) is 0 Å². The summed E-state index contributed by atoms with van der Waals surface area (Å²) in [6.45, 7) is 10.5. The van der Waals surface area contributed by atoms with Gasteiger partial charge in [0.2, 0.25) is 5.91 Å². The van der Waals surface area contributed by atoms with Crippen LogP contribution < -0.4 is 5.32 Å². The largest absolute Gasteiger partial charge is 0.481 e. The lowest BCUT2D eigenvalue weighted by atomic mass is 9.76. The van der Waals surface area contributed by atoms with Gasteiger partial charge in [-0.3, -0.25) is 9.59 Å². The summed E-state index contributed by atoms with van der Waals surface area (Å²) < 4.78 is 0. The molecule has 5 rings (SSSR count). The first-order valence-corrected chi connectivity index (χ1v) is 14.0. The molecule has 2 N–H and O–H groups in total. The van der Waals surface area contributed by atoms with Gasteiger partial charge in [0, 0.05) is 24.4 Å². The zero-order valence-corrected chi connectivity index (χ0v) is 23.5. The Bertz CT molecular complexity index is 1070. The molecule has 4 aliphatic rings. The quantitative estimate of drug-likeness (QED) is 0.472. The fourth-order valence-electron chi connectivity index (χ4n) is 6.04. The molecule has 208 valence electrons. The molecule has 2 spiro atoms. The number of amides is 1. The van der Waals surface area contributed by atoms with E-state index in [1.165, 1.54) is 5.56 Å². The van der Waals surface area contributed by atoms with E-state index in [0.717, 1.165) is 81.3 Å². The van der Waals surface area contributed by atoms with Gasteiger partial charge >= 0.3 is 5.97 Å². The van der Waals surface area contributed by atoms with E-state index in [2.05, 4.69) is 48.5 Å². The number of nitrogens with one attached hydrogen (secondary N) is 1. The lowest BCUT2D eigenvalue weighted by Gasteiger charge is -2.34. The molecular weight excluding hydrogens is 482 g/mol. The molecule has 2 aliphatic carbocycles. The highest BCUT2D eigenvalue weighted by Gasteiger charge is 2.43. The van der Waals surface area contributed by atoms with Crippen LogP contribution in [0.25, 0.3) is 0 Å². The summed E-state index contributed by atoms with van der Waals surface area (Å²) in [5, 5.41) is 20.0. The topological polar surface area (TPSA) is 110 Å². The van der Waals surface area contributed by atoms with Crippen molar-refractivity contribution in [2.75, 3.05) is 5.32 Å². The van der Waals surface area contributed by atoms with Gasteiger partial charge in [0.1, 0.15) is 11.2 Å². The summed E-state index contributed by atoms with van der Waals surface area (Å²) in [5.41, 5.74) is 4.08. The van der Waals surface area contributed by atoms with Gasteiger partial charge in [-0.2, -0.15) is 0 Å². The van der Waals surface area contributed by atoms with Crippen LogP contribution in [-0.4, -0.2) is 39.6 Å². The Balaban J connectivity index is 0.000000204. The molecule has 0 atom stereocenters. The van der Waals surface area contributed by atoms with E-state index >= 15 is 0 Å². The predicted molar refractivity (Wildman–Crippen MR) is 148 cm³/mol. The fraction of sp³-hybridized carbons (Fsp3) is 0.667. The molecule has 2 heterocycles. The van der Waals surface area contributed by atoms with Crippen molar-refractivity contribution >= 4 is 29.0 Å². The predicted octanol–water partition coefficient (Wildman–Crippen LogP) is 6.44. The first kappa shape index (κ1) is 28.1. The molecule has 0 unspecified atom stereocenters. The minimum Gasteiger partial charge on any atom is -0.481 e. The third-order valence-corrected chi connectivity index (χ3v) is 8.48. The Morgan fingerprint density at radius 1 is 0.842 bits per heavy atom. The maximum absolute atomic E-state index is 12.5. The van der Waals surface area contributed by atoms with Crippen LogP contribution in [0.1, 0.15) is 104 Å². The Morgan fingerprint density at radius 2 is 1.29 bits per heavy atom. The molecular formula is C30H43N3O5. The summed E-state index contributed by atoms with van der Waals surface area (Å²) in [6.07, 6.45) is 8.44. The van der Waals surface area contributed by atoms with Crippen LogP contribution in [0.2, 0.25) is 0 Å². The third kappa shape index (κ3) is 6.75. The number of hydrogen-bond donors (Lipinski definition) is 2. The number of carbonyl (C=O) groups is 2. The number of benzene rings is 1. The second-order valence-electron chi connectivity index (χ2n) is 12.8. The van der Waals surface area contributed by atoms with Gasteiger partial charge in [0.15, 0.2) is 0 Å². The Morgan fingerprint density at radius 3 is 1.66 bits per heavy atom. The van der Waals surface area contributed by atoms with E-state index in [4.69, 9.17) is 14.8 Å². The normalized spacial score (nSPS) is 30.4. The van der Waals surface area contributed by atoms with Crippen molar-refractivity contribution in [1.82, 2.24) is 0 Å². The number of oxime groups is 2. The monoisotopic (exact) mass is 525 g/mol. The van der Waals surface area contributed by atoms with Gasteiger partial charge in [-0.15, -0.1) is 0 Å². The molecule has 2 aliphatic heterocycles. The maximum Gasteiger partial charge on any atom is 0.306 e. The average molecular weight is 526 g/mol. The summed E-state index contributed by atoms with van der Waals surface area (Å²) in [4.78, 5) is 34.3. The van der Waals surface area contributed by atoms with E-state index in [1.54, 1.807) is 0 Å². The molecule has 0 bridgehead atoms. The van der Waals surface area contributed by atoms with E-state index in [0.29, 0.717) is 0 Å². The number of nitrogens with zero attached hydrogens (tertiary/aromatic N) is 2. The van der Waals surface area contributed by atoms with Crippen molar-refractivity contribution in [2.24, 2.45) is 22.1 Å². The van der Waals surface area contributed by atoms with E-state index < -0.39 is 5.97 Å². The Kier molecular flexibility index (Phi) is 8.19. The van der Waals surface area contributed by atoms with Gasteiger partial charge in [0.25, 0.3) is 0 Å². The van der Waals surface area contributed by atoms with Crippen LogP contribution in [0.15, 0.2) is 34.6 Å². The lowest BCUT2D eigenvalue weighted by molar-refractivity contribution is -0.145. The highest BCUT2D eigenvalue weighted by Crippen LogP contribution is 2.41. The first-order valence-electron chi connectivity index (χ1n) is 14.0. The fourth-order valence-corrected chi connectivity index (χ4v) is 6.04. The molecule has 2 fully saturated rings. The number of hydrogen-bond acceptors (Lipinski definition) is 6. The minimum absolute atomic E-state index is 0.0717. The van der Waals surface area contributed by atoms with Crippen molar-refractivity contribution in [3.05, 3.63) is 29.8 Å². The zero-order chi connectivity index (χ0) is 27.6. The van der Waals surface area contributed by atoms with Gasteiger partial charge in [-0.25, -0.2) is 0 Å². The van der Waals surface area contributed by atoms with Gasteiger partial charge in [-0.1, -0.05) is 43.2 Å². The van der Waals surface area contributed by atoms with Gasteiger partial charge < -0.3 is 20.1 Å². The highest BCUT2D eigenvalue weighted by atomic mass is 16.7. The molecule has 8 heteroatoms. The minimum atomic E-state index is -0.671. The molecule has 2 saturated carbocycles. The van der Waals surface area contributed by atoms with E-state index in [1.807, 2.05) is 26.0 Å². The SMILES string of the molecule is CC1=NOC2(CCC(C(=O)Nc3ccc(C(C)(C)C)cc3)CC2)C1.CC1=NOC2(CCC(C(=O)O)CC2)C1. The van der Waals surface area contributed by atoms with Crippen LogP contribution in [0.3, 0.4) is 0 Å². The Hall–Kier alpha value is -2.90. The molecule has 8 nitrogen and oxygen atoms in total. The first-order chi connectivity index (χ1) is 17.9. The van der Waals surface area contributed by atoms with Crippen molar-refractivity contribution < 1.29 is 24.4 Å². The number of aliphatic carboxylic acids is 1. The van der Waals surface area contributed by atoms with Crippen LogP contribution >= 0.6 is 0 Å². The molecule has 0 radical (unpaired) electrons. The van der Waals surface area contributed by atoms with Gasteiger partial charge in [-0.05, 0) is 88.3 Å². The second kappa shape index (κ2) is 11.1. The standard InChI is InChI=1S/C20H28N2O2.C10H15NO3/c1-14-13-20(24-22-14)11-9-15(10-12-20)18(23)21-17-7-5-16(6-8-17)19(2,3)4;1-7-6-10(14-11-7)4-2-8(3-5-10)9(12)13/h5-8,15H,9-13H2,1-4H3,(H,21,23);8H,2-6H2,1H3,(H,12,13). The molecule has 1 aromatic carbocycles. The number of carboxylic acid groups (broad SMARTS) is 1. The average Bonchev–Trinajstić information content (AvgIpc) is 3.41. The van der Waals surface area contributed by atoms with E-state index in [-0.39, 0.29) is 34.4 Å². The van der Waals surface area contributed by atoms with Crippen molar-refractivity contribution in [1.29, 1.82) is 0 Å². The highest BCUT2D eigenvalue weighted by molar-refractivity contribution is 5.92. The van der Waals surface area contributed by atoms with Gasteiger partial charge in [0.05, 0.1) is 17.3 Å². The van der Waals surface area contributed by atoms with Crippen molar-refractivity contribution in [2.45, 2.75) is 115 Å². The summed E-state index contributed by atoms with van der Waals surface area (Å²) in [6, 6.07) is 8.19. The maximum atomic E-state index is 12.5. The second-order valence-corrected chi connectivity index (χ2v) is 12.8. The van der Waals surface area contributed by atoms with E-state index in [9.17, 15) is 9.59 Å². The third-order valence-electron chi connectivity index (χ3n) is 8.48. The molecule has 1 amide bonds. The summed E-state index contributed by atoms with van der Waals surface area (Å²) >= 11 is 0. The molecule has 0 aromatic heterocycles. The summed E-state index contributed by atoms with van der Waals surface area (Å²) in [7, 11) is 0. The van der Waals surface area contributed by atoms with Crippen LogP contribution in [0.4, 0.5) is 5.69 Å². The Labute approximate surface area is 226 Å². The van der Waals surface area contributed by atoms with Crippen LogP contribution in [-0.2, 0) is 24.7 Å². The van der Waals surface area contributed by atoms with Crippen LogP contribution in [0, 0.1) is 11.8 Å². The summed E-state index contributed by atoms with van der Waals surface area (Å²) in [5.74, 6) is -0.646. The molecule has 0 saturated heterocycles. The molecule has 1 aromatic rings.